The SMILES string of the molecule is COc1ccc(N(C)C(=O)c2cc(N)cc(Cl)c2)cc1. The first kappa shape index (κ1) is 14.2. The predicted octanol–water partition coefficient (Wildman–Crippen LogP) is 3.21. The van der Waals surface area contributed by atoms with Crippen molar-refractivity contribution in [2.45, 2.75) is 0 Å². The van der Waals surface area contributed by atoms with E-state index in [0.717, 1.165) is 11.4 Å². The third-order valence-corrected chi connectivity index (χ3v) is 3.15. The molecule has 0 unspecified atom stereocenters. The van der Waals surface area contributed by atoms with E-state index in [9.17, 15) is 4.79 Å². The van der Waals surface area contributed by atoms with Crippen LogP contribution in [0.15, 0.2) is 42.5 Å². The van der Waals surface area contributed by atoms with E-state index >= 15 is 0 Å². The Morgan fingerprint density at radius 1 is 1.20 bits per heavy atom. The van der Waals surface area contributed by atoms with E-state index in [4.69, 9.17) is 22.1 Å². The topological polar surface area (TPSA) is 55.6 Å². The molecule has 0 heterocycles. The van der Waals surface area contributed by atoms with Gasteiger partial charge in [0.05, 0.1) is 7.11 Å². The van der Waals surface area contributed by atoms with Gasteiger partial charge in [0.2, 0.25) is 0 Å². The Morgan fingerprint density at radius 2 is 1.85 bits per heavy atom. The van der Waals surface area contributed by atoms with Crippen molar-refractivity contribution in [2.24, 2.45) is 0 Å². The number of nitrogens with zero attached hydrogens (tertiary/aromatic N) is 1. The highest BCUT2D eigenvalue weighted by atomic mass is 35.5. The molecule has 2 rings (SSSR count). The number of ether oxygens (including phenoxy) is 1. The second-order valence-corrected chi connectivity index (χ2v) is 4.77. The fourth-order valence-electron chi connectivity index (χ4n) is 1.85. The third-order valence-electron chi connectivity index (χ3n) is 2.93. The summed E-state index contributed by atoms with van der Waals surface area (Å²) in [6.45, 7) is 0. The van der Waals surface area contributed by atoms with Crippen LogP contribution in [0.5, 0.6) is 5.75 Å². The molecule has 20 heavy (non-hydrogen) atoms. The lowest BCUT2D eigenvalue weighted by molar-refractivity contribution is 0.0993. The molecule has 0 aromatic heterocycles. The summed E-state index contributed by atoms with van der Waals surface area (Å²) in [5, 5.41) is 0.441. The van der Waals surface area contributed by atoms with Crippen LogP contribution in [0.1, 0.15) is 10.4 Å². The van der Waals surface area contributed by atoms with Gasteiger partial charge in [-0.1, -0.05) is 11.6 Å². The van der Waals surface area contributed by atoms with E-state index in [2.05, 4.69) is 0 Å². The molecular weight excluding hydrogens is 276 g/mol. The van der Waals surface area contributed by atoms with Gasteiger partial charge in [0.15, 0.2) is 0 Å². The standard InChI is InChI=1S/C15H15ClN2O2/c1-18(13-3-5-14(20-2)6-4-13)15(19)10-7-11(16)9-12(17)8-10/h3-9H,17H2,1-2H3. The van der Waals surface area contributed by atoms with Crippen molar-refractivity contribution in [3.05, 3.63) is 53.1 Å². The first-order valence-corrected chi connectivity index (χ1v) is 6.37. The molecule has 0 aliphatic rings. The summed E-state index contributed by atoms with van der Waals surface area (Å²) in [5.41, 5.74) is 7.38. The summed E-state index contributed by atoms with van der Waals surface area (Å²) in [5.74, 6) is 0.561. The maximum Gasteiger partial charge on any atom is 0.258 e. The molecule has 0 radical (unpaired) electrons. The molecule has 0 saturated carbocycles. The lowest BCUT2D eigenvalue weighted by Crippen LogP contribution is -2.26. The van der Waals surface area contributed by atoms with Crippen LogP contribution in [-0.4, -0.2) is 20.1 Å². The summed E-state index contributed by atoms with van der Waals surface area (Å²) in [7, 11) is 3.29. The lowest BCUT2D eigenvalue weighted by Gasteiger charge is -2.18. The van der Waals surface area contributed by atoms with Gasteiger partial charge in [0.1, 0.15) is 5.75 Å². The van der Waals surface area contributed by atoms with Crippen LogP contribution in [0.25, 0.3) is 0 Å². The zero-order valence-electron chi connectivity index (χ0n) is 11.3. The molecule has 2 aromatic rings. The van der Waals surface area contributed by atoms with Gasteiger partial charge in [0.25, 0.3) is 5.91 Å². The molecule has 2 N–H and O–H groups in total. The van der Waals surface area contributed by atoms with E-state index in [1.54, 1.807) is 44.5 Å². The number of anilines is 2. The molecule has 0 atom stereocenters. The number of nitrogen functional groups attached to an aromatic ring is 1. The summed E-state index contributed by atoms with van der Waals surface area (Å²) in [6, 6.07) is 12.0. The zero-order chi connectivity index (χ0) is 14.7. The number of rotatable bonds is 3. The van der Waals surface area contributed by atoms with Crippen molar-refractivity contribution < 1.29 is 9.53 Å². The van der Waals surface area contributed by atoms with Crippen LogP contribution < -0.4 is 15.4 Å². The average Bonchev–Trinajstić information content (AvgIpc) is 2.45. The maximum atomic E-state index is 12.4. The van der Waals surface area contributed by atoms with Crippen molar-refractivity contribution in [3.63, 3.8) is 0 Å². The largest absolute Gasteiger partial charge is 0.497 e. The lowest BCUT2D eigenvalue weighted by atomic mass is 10.1. The van der Waals surface area contributed by atoms with Gasteiger partial charge in [-0.25, -0.2) is 0 Å². The molecule has 0 aliphatic carbocycles. The highest BCUT2D eigenvalue weighted by molar-refractivity contribution is 6.31. The van der Waals surface area contributed by atoms with Gasteiger partial charge in [-0.05, 0) is 42.5 Å². The minimum absolute atomic E-state index is 0.177. The minimum atomic E-state index is -0.177. The Bertz CT molecular complexity index is 606. The summed E-state index contributed by atoms with van der Waals surface area (Å²) in [6.07, 6.45) is 0. The Hall–Kier alpha value is -2.20. The second kappa shape index (κ2) is 5.84. The van der Waals surface area contributed by atoms with E-state index in [1.165, 1.54) is 4.90 Å². The number of methoxy groups -OCH3 is 1. The van der Waals surface area contributed by atoms with Crippen molar-refractivity contribution in [1.82, 2.24) is 0 Å². The highest BCUT2D eigenvalue weighted by Gasteiger charge is 2.14. The van der Waals surface area contributed by atoms with Crippen LogP contribution >= 0.6 is 11.6 Å². The van der Waals surface area contributed by atoms with Gasteiger partial charge in [-0.3, -0.25) is 4.79 Å². The minimum Gasteiger partial charge on any atom is -0.497 e. The Kier molecular flexibility index (Phi) is 4.15. The molecule has 0 spiro atoms. The number of amides is 1. The van der Waals surface area contributed by atoms with Gasteiger partial charge < -0.3 is 15.4 Å². The molecule has 0 aliphatic heterocycles. The monoisotopic (exact) mass is 290 g/mol. The second-order valence-electron chi connectivity index (χ2n) is 4.34. The van der Waals surface area contributed by atoms with Gasteiger partial charge in [0, 0.05) is 29.0 Å². The fourth-order valence-corrected chi connectivity index (χ4v) is 2.10. The quantitative estimate of drug-likeness (QED) is 0.883. The van der Waals surface area contributed by atoms with E-state index in [1.807, 2.05) is 12.1 Å². The molecular formula is C15H15ClN2O2. The zero-order valence-corrected chi connectivity index (χ0v) is 12.0. The normalized spacial score (nSPS) is 10.2. The number of carbonyl (C=O) groups is 1. The molecule has 0 saturated heterocycles. The van der Waals surface area contributed by atoms with Gasteiger partial charge in [-0.15, -0.1) is 0 Å². The number of halogens is 1. The van der Waals surface area contributed by atoms with E-state index < -0.39 is 0 Å². The number of benzene rings is 2. The van der Waals surface area contributed by atoms with Crippen LogP contribution in [0.2, 0.25) is 5.02 Å². The molecule has 4 nitrogen and oxygen atoms in total. The molecule has 0 bridgehead atoms. The predicted molar refractivity (Wildman–Crippen MR) is 81.6 cm³/mol. The average molecular weight is 291 g/mol. The number of nitrogens with two attached hydrogens (primary N) is 1. The first-order chi connectivity index (χ1) is 9.51. The Balaban J connectivity index is 2.27. The number of hydrogen-bond donors (Lipinski definition) is 1. The smallest absolute Gasteiger partial charge is 0.258 e. The molecule has 5 heteroatoms. The number of carbonyl (C=O) groups excluding carboxylic acids is 1. The van der Waals surface area contributed by atoms with Gasteiger partial charge >= 0.3 is 0 Å². The Morgan fingerprint density at radius 3 is 2.40 bits per heavy atom. The third kappa shape index (κ3) is 3.03. The van der Waals surface area contributed by atoms with Crippen LogP contribution in [0.4, 0.5) is 11.4 Å². The summed E-state index contributed by atoms with van der Waals surface area (Å²) < 4.78 is 5.09. The van der Waals surface area contributed by atoms with Crippen molar-refractivity contribution in [1.29, 1.82) is 0 Å². The van der Waals surface area contributed by atoms with Crippen molar-refractivity contribution in [2.75, 3.05) is 24.8 Å². The van der Waals surface area contributed by atoms with Gasteiger partial charge in [-0.2, -0.15) is 0 Å². The molecule has 2 aromatic carbocycles. The van der Waals surface area contributed by atoms with Crippen LogP contribution in [0.3, 0.4) is 0 Å². The fraction of sp³-hybridized carbons (Fsp3) is 0.133. The highest BCUT2D eigenvalue weighted by Crippen LogP contribution is 2.22. The van der Waals surface area contributed by atoms with Crippen molar-refractivity contribution in [3.8, 4) is 5.75 Å². The van der Waals surface area contributed by atoms with Crippen LogP contribution in [-0.2, 0) is 0 Å². The Labute approximate surface area is 122 Å². The molecule has 0 fully saturated rings. The van der Waals surface area contributed by atoms with Crippen molar-refractivity contribution >= 4 is 28.9 Å². The van der Waals surface area contributed by atoms with E-state index in [-0.39, 0.29) is 5.91 Å². The number of hydrogen-bond acceptors (Lipinski definition) is 3. The molecule has 104 valence electrons. The maximum absolute atomic E-state index is 12.4. The summed E-state index contributed by atoms with van der Waals surface area (Å²) in [4.78, 5) is 13.9. The molecule has 1 amide bonds. The van der Waals surface area contributed by atoms with E-state index in [0.29, 0.717) is 16.3 Å². The summed E-state index contributed by atoms with van der Waals surface area (Å²) >= 11 is 5.92. The van der Waals surface area contributed by atoms with Crippen LogP contribution in [0, 0.1) is 0 Å². The first-order valence-electron chi connectivity index (χ1n) is 5.99.